The molecule has 0 aliphatic carbocycles. The molecule has 0 radical (unpaired) electrons. The van der Waals surface area contributed by atoms with Crippen molar-refractivity contribution in [2.24, 2.45) is 0 Å². The van der Waals surface area contributed by atoms with Crippen LogP contribution in [-0.4, -0.2) is 30.5 Å². The van der Waals surface area contributed by atoms with Crippen LogP contribution < -0.4 is 10.2 Å². The number of carbonyl (C=O) groups is 1. The zero-order valence-corrected chi connectivity index (χ0v) is 10.3. The van der Waals surface area contributed by atoms with Crippen LogP contribution in [0.3, 0.4) is 0 Å². The highest BCUT2D eigenvalue weighted by Gasteiger charge is 2.19. The van der Waals surface area contributed by atoms with Crippen LogP contribution in [0, 0.1) is 11.3 Å². The first-order valence-corrected chi connectivity index (χ1v) is 6.09. The Morgan fingerprint density at radius 2 is 2.26 bits per heavy atom. The van der Waals surface area contributed by atoms with Crippen molar-refractivity contribution in [1.29, 1.82) is 5.26 Å². The van der Waals surface area contributed by atoms with Gasteiger partial charge in [-0.3, -0.25) is 9.78 Å². The molecule has 1 aromatic carbocycles. The van der Waals surface area contributed by atoms with Crippen molar-refractivity contribution in [3.8, 4) is 6.07 Å². The number of amides is 1. The first kappa shape index (κ1) is 11.6. The van der Waals surface area contributed by atoms with E-state index in [1.54, 1.807) is 23.2 Å². The summed E-state index contributed by atoms with van der Waals surface area (Å²) >= 11 is 0. The lowest BCUT2D eigenvalue weighted by atomic mass is 10.1. The largest absolute Gasteiger partial charge is 0.308 e. The molecule has 1 amide bonds. The summed E-state index contributed by atoms with van der Waals surface area (Å²) < 4.78 is 0. The summed E-state index contributed by atoms with van der Waals surface area (Å²) in [6.07, 6.45) is 1.69. The van der Waals surface area contributed by atoms with E-state index in [1.165, 1.54) is 0 Å². The molecule has 94 valence electrons. The summed E-state index contributed by atoms with van der Waals surface area (Å²) in [5, 5.41) is 12.8. The monoisotopic (exact) mass is 252 g/mol. The second kappa shape index (κ2) is 4.67. The van der Waals surface area contributed by atoms with Gasteiger partial charge in [0.1, 0.15) is 0 Å². The first-order chi connectivity index (χ1) is 9.28. The molecular weight excluding hydrogens is 240 g/mol. The molecule has 3 rings (SSSR count). The van der Waals surface area contributed by atoms with Crippen LogP contribution in [0.2, 0.25) is 0 Å². The fraction of sp³-hybridized carbons (Fsp3) is 0.214. The van der Waals surface area contributed by atoms with Crippen molar-refractivity contribution in [3.63, 3.8) is 0 Å². The molecule has 19 heavy (non-hydrogen) atoms. The van der Waals surface area contributed by atoms with Crippen molar-refractivity contribution in [2.45, 2.75) is 0 Å². The van der Waals surface area contributed by atoms with Gasteiger partial charge in [0.15, 0.2) is 0 Å². The first-order valence-electron chi connectivity index (χ1n) is 6.09. The number of aromatic nitrogens is 1. The Labute approximate surface area is 110 Å². The third-order valence-electron chi connectivity index (χ3n) is 3.20. The Bertz CT molecular complexity index is 689. The highest BCUT2D eigenvalue weighted by Crippen LogP contribution is 2.21. The van der Waals surface area contributed by atoms with Gasteiger partial charge in [0.25, 0.3) is 0 Å². The summed E-state index contributed by atoms with van der Waals surface area (Å²) in [6.45, 7) is 1.81. The van der Waals surface area contributed by atoms with Crippen LogP contribution in [0.15, 0.2) is 30.5 Å². The lowest BCUT2D eigenvalue weighted by Crippen LogP contribution is -2.48. The molecule has 1 fully saturated rings. The Hall–Kier alpha value is -2.45. The third-order valence-corrected chi connectivity index (χ3v) is 3.20. The molecule has 0 unspecified atom stereocenters. The number of pyridine rings is 1. The summed E-state index contributed by atoms with van der Waals surface area (Å²) in [5.41, 5.74) is 2.17. The van der Waals surface area contributed by atoms with E-state index >= 15 is 0 Å². The van der Waals surface area contributed by atoms with Crippen LogP contribution in [0.25, 0.3) is 10.9 Å². The molecule has 1 aliphatic heterocycles. The summed E-state index contributed by atoms with van der Waals surface area (Å²) in [7, 11) is 0. The number of nitrogens with zero attached hydrogens (tertiary/aromatic N) is 3. The number of hydrogen-bond acceptors (Lipinski definition) is 4. The maximum absolute atomic E-state index is 11.8. The van der Waals surface area contributed by atoms with E-state index in [1.807, 2.05) is 12.1 Å². The van der Waals surface area contributed by atoms with Crippen LogP contribution >= 0.6 is 0 Å². The molecule has 5 heteroatoms. The number of nitrogens with one attached hydrogen (secondary N) is 1. The van der Waals surface area contributed by atoms with Gasteiger partial charge in [0.2, 0.25) is 5.91 Å². The zero-order chi connectivity index (χ0) is 13.2. The van der Waals surface area contributed by atoms with E-state index in [-0.39, 0.29) is 5.91 Å². The molecule has 0 bridgehead atoms. The molecule has 0 saturated carbocycles. The maximum atomic E-state index is 11.8. The number of nitriles is 1. The van der Waals surface area contributed by atoms with Crippen LogP contribution in [0.4, 0.5) is 5.69 Å². The van der Waals surface area contributed by atoms with Crippen LogP contribution in [0.5, 0.6) is 0 Å². The summed E-state index contributed by atoms with van der Waals surface area (Å²) in [5.74, 6) is 0.0565. The molecule has 1 aliphatic rings. The molecule has 2 heterocycles. The number of rotatable bonds is 1. The number of anilines is 1. The molecule has 1 N–H and O–H groups in total. The smallest absolute Gasteiger partial charge is 0.241 e. The van der Waals surface area contributed by atoms with Gasteiger partial charge in [0.05, 0.1) is 35.6 Å². The van der Waals surface area contributed by atoms with Crippen molar-refractivity contribution >= 4 is 22.5 Å². The second-order valence-corrected chi connectivity index (χ2v) is 4.43. The van der Waals surface area contributed by atoms with E-state index in [2.05, 4.69) is 16.4 Å². The number of fused-ring (bicyclic) bond motifs is 1. The average molecular weight is 252 g/mol. The Kier molecular flexibility index (Phi) is 2.86. The van der Waals surface area contributed by atoms with E-state index in [4.69, 9.17) is 5.26 Å². The van der Waals surface area contributed by atoms with Gasteiger partial charge >= 0.3 is 0 Å². The molecule has 1 aromatic heterocycles. The maximum Gasteiger partial charge on any atom is 0.241 e. The SMILES string of the molecule is N#Cc1ccc2cc(N3CCNCC3=O)cnc2c1. The standard InChI is InChI=1S/C14H12N4O/c15-7-10-1-2-11-6-12(8-17-13(11)5-10)18-4-3-16-9-14(18)19/h1-2,5-6,8,16H,3-4,9H2. The van der Waals surface area contributed by atoms with Gasteiger partial charge in [-0.2, -0.15) is 5.26 Å². The van der Waals surface area contributed by atoms with Crippen molar-refractivity contribution < 1.29 is 4.79 Å². The molecule has 5 nitrogen and oxygen atoms in total. The number of benzene rings is 1. The average Bonchev–Trinajstić information content (AvgIpc) is 2.46. The minimum absolute atomic E-state index is 0.0565. The van der Waals surface area contributed by atoms with Crippen molar-refractivity contribution in [1.82, 2.24) is 10.3 Å². The Morgan fingerprint density at radius 1 is 1.37 bits per heavy atom. The normalized spacial score (nSPS) is 15.5. The van der Waals surface area contributed by atoms with Gasteiger partial charge in [-0.05, 0) is 18.2 Å². The predicted molar refractivity (Wildman–Crippen MR) is 71.7 cm³/mol. The fourth-order valence-electron chi connectivity index (χ4n) is 2.21. The summed E-state index contributed by atoms with van der Waals surface area (Å²) in [4.78, 5) is 17.9. The topological polar surface area (TPSA) is 69.0 Å². The van der Waals surface area contributed by atoms with Gasteiger partial charge in [0, 0.05) is 18.5 Å². The number of carbonyl (C=O) groups excluding carboxylic acids is 1. The molecule has 0 spiro atoms. The third kappa shape index (κ3) is 2.14. The van der Waals surface area contributed by atoms with Crippen LogP contribution in [0.1, 0.15) is 5.56 Å². The van der Waals surface area contributed by atoms with E-state index < -0.39 is 0 Å². The number of piperazine rings is 1. The molecular formula is C14H12N4O. The Balaban J connectivity index is 2.02. The lowest BCUT2D eigenvalue weighted by Gasteiger charge is -2.27. The van der Waals surface area contributed by atoms with Crippen molar-refractivity contribution in [2.75, 3.05) is 24.5 Å². The number of hydrogen-bond donors (Lipinski definition) is 1. The lowest BCUT2D eigenvalue weighted by molar-refractivity contribution is -0.118. The van der Waals surface area contributed by atoms with E-state index in [0.717, 1.165) is 23.1 Å². The van der Waals surface area contributed by atoms with Crippen LogP contribution in [-0.2, 0) is 4.79 Å². The minimum Gasteiger partial charge on any atom is -0.308 e. The van der Waals surface area contributed by atoms with E-state index in [0.29, 0.717) is 18.7 Å². The second-order valence-electron chi connectivity index (χ2n) is 4.43. The molecule has 2 aromatic rings. The quantitative estimate of drug-likeness (QED) is 0.823. The van der Waals surface area contributed by atoms with Crippen molar-refractivity contribution in [3.05, 3.63) is 36.0 Å². The minimum atomic E-state index is 0.0565. The fourth-order valence-corrected chi connectivity index (χ4v) is 2.21. The zero-order valence-electron chi connectivity index (χ0n) is 10.3. The highest BCUT2D eigenvalue weighted by atomic mass is 16.2. The Morgan fingerprint density at radius 3 is 3.05 bits per heavy atom. The summed E-state index contributed by atoms with van der Waals surface area (Å²) in [6, 6.07) is 9.39. The predicted octanol–water partition coefficient (Wildman–Crippen LogP) is 1.04. The van der Waals surface area contributed by atoms with Gasteiger partial charge in [-0.15, -0.1) is 0 Å². The van der Waals surface area contributed by atoms with Gasteiger partial charge < -0.3 is 10.2 Å². The van der Waals surface area contributed by atoms with Gasteiger partial charge in [-0.25, -0.2) is 0 Å². The van der Waals surface area contributed by atoms with Gasteiger partial charge in [-0.1, -0.05) is 6.07 Å². The van der Waals surface area contributed by atoms with E-state index in [9.17, 15) is 4.79 Å². The highest BCUT2D eigenvalue weighted by molar-refractivity contribution is 5.97. The molecule has 0 atom stereocenters. The molecule has 1 saturated heterocycles.